The number of amides is 1. The van der Waals surface area contributed by atoms with Crippen molar-refractivity contribution < 1.29 is 14.1 Å². The molecule has 6 nitrogen and oxygen atoms in total. The molecule has 1 aliphatic rings. The Morgan fingerprint density at radius 3 is 2.85 bits per heavy atom. The van der Waals surface area contributed by atoms with Crippen LogP contribution >= 0.6 is 0 Å². The van der Waals surface area contributed by atoms with E-state index in [-0.39, 0.29) is 17.6 Å². The monoisotopic (exact) mass is 281 g/mol. The van der Waals surface area contributed by atoms with Crippen molar-refractivity contribution in [3.8, 4) is 0 Å². The van der Waals surface area contributed by atoms with Crippen molar-refractivity contribution in [2.75, 3.05) is 5.32 Å². The third kappa shape index (κ3) is 2.49. The average Bonchev–Trinajstić information content (AvgIpc) is 2.73. The van der Waals surface area contributed by atoms with Crippen LogP contribution in [0.2, 0.25) is 0 Å². The third-order valence-electron chi connectivity index (χ3n) is 3.95. The van der Waals surface area contributed by atoms with Crippen molar-refractivity contribution in [1.29, 1.82) is 0 Å². The molecule has 2 unspecified atom stereocenters. The van der Waals surface area contributed by atoms with Gasteiger partial charge in [-0.15, -0.1) is 0 Å². The number of carbonyl (C=O) groups is 1. The van der Waals surface area contributed by atoms with Crippen molar-refractivity contribution in [3.05, 3.63) is 34.1 Å². The number of nitrogens with two attached hydrogens (primary N) is 1. The van der Waals surface area contributed by atoms with Crippen LogP contribution in [-0.4, -0.2) is 16.9 Å². The van der Waals surface area contributed by atoms with Crippen molar-refractivity contribution in [2.45, 2.75) is 32.2 Å². The van der Waals surface area contributed by atoms with Gasteiger partial charge in [-0.05, 0) is 31.9 Å². The maximum absolute atomic E-state index is 13.0. The molecule has 0 aliphatic heterocycles. The van der Waals surface area contributed by atoms with E-state index in [1.54, 1.807) is 6.92 Å². The first-order valence-electron chi connectivity index (χ1n) is 6.35. The summed E-state index contributed by atoms with van der Waals surface area (Å²) < 4.78 is 13.0. The number of hydrogen-bond acceptors (Lipinski definition) is 4. The number of anilines is 1. The van der Waals surface area contributed by atoms with Crippen LogP contribution in [-0.2, 0) is 4.79 Å². The lowest BCUT2D eigenvalue weighted by molar-refractivity contribution is -0.384. The van der Waals surface area contributed by atoms with E-state index in [1.807, 2.05) is 0 Å². The fourth-order valence-electron chi connectivity index (χ4n) is 2.50. The second kappa shape index (κ2) is 5.16. The van der Waals surface area contributed by atoms with Crippen LogP contribution in [0.5, 0.6) is 0 Å². The first-order chi connectivity index (χ1) is 9.34. The molecule has 108 valence electrons. The van der Waals surface area contributed by atoms with Gasteiger partial charge in [-0.25, -0.2) is 4.39 Å². The number of hydrogen-bond donors (Lipinski definition) is 2. The Labute approximate surface area is 115 Å². The summed E-state index contributed by atoms with van der Waals surface area (Å²) in [6.45, 7) is 1.75. The number of rotatable bonds is 3. The van der Waals surface area contributed by atoms with Gasteiger partial charge in [-0.3, -0.25) is 14.9 Å². The van der Waals surface area contributed by atoms with E-state index in [2.05, 4.69) is 5.32 Å². The number of halogens is 1. The Morgan fingerprint density at radius 2 is 2.30 bits per heavy atom. The molecule has 3 N–H and O–H groups in total. The smallest absolute Gasteiger partial charge is 0.295 e. The fraction of sp³-hybridized carbons (Fsp3) is 0.462. The minimum absolute atomic E-state index is 0.0123. The van der Waals surface area contributed by atoms with Gasteiger partial charge < -0.3 is 11.1 Å². The topological polar surface area (TPSA) is 98.3 Å². The molecule has 1 aliphatic carbocycles. The first-order valence-corrected chi connectivity index (χ1v) is 6.35. The molecule has 1 aromatic carbocycles. The summed E-state index contributed by atoms with van der Waals surface area (Å²) in [5.74, 6) is -1.09. The highest BCUT2D eigenvalue weighted by Gasteiger charge is 2.43. The van der Waals surface area contributed by atoms with Crippen molar-refractivity contribution >= 4 is 17.3 Å². The van der Waals surface area contributed by atoms with E-state index in [9.17, 15) is 19.3 Å². The van der Waals surface area contributed by atoms with Crippen molar-refractivity contribution in [3.63, 3.8) is 0 Å². The SMILES string of the molecule is CC1(C(=O)Nc2ccc(F)cc2[N+](=O)[O-])CCCC1N. The van der Waals surface area contributed by atoms with Crippen LogP contribution in [0, 0.1) is 21.3 Å². The predicted molar refractivity (Wildman–Crippen MR) is 71.6 cm³/mol. The molecule has 7 heteroatoms. The summed E-state index contributed by atoms with van der Waals surface area (Å²) in [5.41, 5.74) is 4.71. The van der Waals surface area contributed by atoms with Crippen molar-refractivity contribution in [2.24, 2.45) is 11.1 Å². The highest BCUT2D eigenvalue weighted by Crippen LogP contribution is 2.38. The second-order valence-electron chi connectivity index (χ2n) is 5.29. The van der Waals surface area contributed by atoms with Gasteiger partial charge in [0.2, 0.25) is 5.91 Å². The molecule has 1 aromatic rings. The number of benzene rings is 1. The van der Waals surface area contributed by atoms with E-state index in [0.29, 0.717) is 6.42 Å². The number of carbonyl (C=O) groups excluding carboxylic acids is 1. The number of nitro groups is 1. The lowest BCUT2D eigenvalue weighted by Crippen LogP contribution is -2.44. The molecule has 1 saturated carbocycles. The van der Waals surface area contributed by atoms with E-state index in [4.69, 9.17) is 5.73 Å². The molecule has 0 radical (unpaired) electrons. The predicted octanol–water partition coefficient (Wildman–Crippen LogP) is 2.19. The molecule has 0 bridgehead atoms. The van der Waals surface area contributed by atoms with Gasteiger partial charge in [0.1, 0.15) is 11.5 Å². The lowest BCUT2D eigenvalue weighted by atomic mass is 9.84. The average molecular weight is 281 g/mol. The highest BCUT2D eigenvalue weighted by molar-refractivity contribution is 5.97. The molecule has 2 atom stereocenters. The standard InChI is InChI=1S/C13H16FN3O3/c1-13(6-2-3-11(13)15)12(18)16-9-5-4-8(14)7-10(9)17(19)20/h4-5,7,11H,2-3,6,15H2,1H3,(H,16,18). The van der Waals surface area contributed by atoms with E-state index in [0.717, 1.165) is 25.0 Å². The summed E-state index contributed by atoms with van der Waals surface area (Å²) in [6.07, 6.45) is 2.22. The van der Waals surface area contributed by atoms with Crippen LogP contribution in [0.15, 0.2) is 18.2 Å². The zero-order valence-corrected chi connectivity index (χ0v) is 11.1. The molecular weight excluding hydrogens is 265 g/mol. The second-order valence-corrected chi connectivity index (χ2v) is 5.29. The van der Waals surface area contributed by atoms with Crippen LogP contribution in [0.4, 0.5) is 15.8 Å². The van der Waals surface area contributed by atoms with Gasteiger partial charge in [0.05, 0.1) is 16.4 Å². The molecular formula is C13H16FN3O3. The molecule has 20 heavy (non-hydrogen) atoms. The minimum Gasteiger partial charge on any atom is -0.327 e. The molecule has 0 heterocycles. The largest absolute Gasteiger partial charge is 0.327 e. The maximum Gasteiger partial charge on any atom is 0.295 e. The van der Waals surface area contributed by atoms with E-state index >= 15 is 0 Å². The number of nitrogens with zero attached hydrogens (tertiary/aromatic N) is 1. The van der Waals surface area contributed by atoms with Gasteiger partial charge in [-0.1, -0.05) is 6.42 Å². The van der Waals surface area contributed by atoms with E-state index < -0.39 is 21.8 Å². The fourth-order valence-corrected chi connectivity index (χ4v) is 2.50. The van der Waals surface area contributed by atoms with E-state index in [1.165, 1.54) is 6.07 Å². The zero-order valence-electron chi connectivity index (χ0n) is 11.1. The number of nitro benzene ring substituents is 1. The quantitative estimate of drug-likeness (QED) is 0.655. The third-order valence-corrected chi connectivity index (χ3v) is 3.95. The highest BCUT2D eigenvalue weighted by atomic mass is 19.1. The van der Waals surface area contributed by atoms with Crippen LogP contribution < -0.4 is 11.1 Å². The molecule has 0 saturated heterocycles. The Bertz CT molecular complexity index is 564. The first kappa shape index (κ1) is 14.4. The Hall–Kier alpha value is -2.02. The number of nitrogens with one attached hydrogen (secondary N) is 1. The van der Waals surface area contributed by atoms with Gasteiger partial charge in [0, 0.05) is 6.04 Å². The Balaban J connectivity index is 2.26. The molecule has 0 aromatic heterocycles. The van der Waals surface area contributed by atoms with Gasteiger partial charge in [-0.2, -0.15) is 0 Å². The summed E-state index contributed by atoms with van der Waals surface area (Å²) >= 11 is 0. The van der Waals surface area contributed by atoms with Crippen LogP contribution in [0.25, 0.3) is 0 Å². The normalized spacial score (nSPS) is 25.4. The molecule has 0 spiro atoms. The lowest BCUT2D eigenvalue weighted by Gasteiger charge is -2.27. The summed E-state index contributed by atoms with van der Waals surface area (Å²) in [6, 6.07) is 2.77. The Morgan fingerprint density at radius 1 is 1.60 bits per heavy atom. The van der Waals surface area contributed by atoms with Crippen molar-refractivity contribution in [1.82, 2.24) is 0 Å². The zero-order chi connectivity index (χ0) is 14.9. The van der Waals surface area contributed by atoms with Gasteiger partial charge >= 0.3 is 0 Å². The maximum atomic E-state index is 13.0. The molecule has 2 rings (SSSR count). The van der Waals surface area contributed by atoms with Crippen LogP contribution in [0.1, 0.15) is 26.2 Å². The Kier molecular flexibility index (Phi) is 3.71. The minimum atomic E-state index is -0.748. The molecule has 1 amide bonds. The molecule has 1 fully saturated rings. The summed E-state index contributed by atoms with van der Waals surface area (Å²) in [4.78, 5) is 22.5. The van der Waals surface area contributed by atoms with Crippen LogP contribution in [0.3, 0.4) is 0 Å². The van der Waals surface area contributed by atoms with Gasteiger partial charge in [0.25, 0.3) is 5.69 Å². The summed E-state index contributed by atoms with van der Waals surface area (Å²) in [7, 11) is 0. The summed E-state index contributed by atoms with van der Waals surface area (Å²) in [5, 5.41) is 13.4. The van der Waals surface area contributed by atoms with Gasteiger partial charge in [0.15, 0.2) is 0 Å².